The maximum Gasteiger partial charge on any atom is 0.258 e. The maximum atomic E-state index is 12.6. The summed E-state index contributed by atoms with van der Waals surface area (Å²) >= 11 is 0. The van der Waals surface area contributed by atoms with Crippen LogP contribution >= 0.6 is 0 Å². The van der Waals surface area contributed by atoms with E-state index < -0.39 is 17.6 Å². The van der Waals surface area contributed by atoms with Gasteiger partial charge in [-0.15, -0.1) is 6.42 Å². The number of allylic oxidation sites excluding steroid dienone is 1. The monoisotopic (exact) mass is 179 g/mol. The Morgan fingerprint density at radius 3 is 2.54 bits per heavy atom. The van der Waals surface area contributed by atoms with Gasteiger partial charge >= 0.3 is 0 Å². The molecule has 0 aromatic rings. The third-order valence-corrected chi connectivity index (χ3v) is 1.63. The van der Waals surface area contributed by atoms with E-state index in [1.54, 1.807) is 5.92 Å². The molecule has 4 heteroatoms. The molecule has 0 atom stereocenters. The minimum absolute atomic E-state index is 0.0135. The zero-order chi connectivity index (χ0) is 10.0. The van der Waals surface area contributed by atoms with Crippen LogP contribution in [0.1, 0.15) is 6.92 Å². The van der Waals surface area contributed by atoms with Gasteiger partial charge in [0.15, 0.2) is 5.83 Å². The molecular weight excluding hydrogens is 173 g/mol. The molecule has 1 N–H and O–H groups in total. The number of carbonyl (C=O) groups is 2. The van der Waals surface area contributed by atoms with Crippen LogP contribution in [0.3, 0.4) is 0 Å². The van der Waals surface area contributed by atoms with E-state index in [1.165, 1.54) is 6.92 Å². The van der Waals surface area contributed by atoms with Crippen LogP contribution in [0.15, 0.2) is 23.0 Å². The Bertz CT molecular complexity index is 385. The van der Waals surface area contributed by atoms with E-state index in [2.05, 4.69) is 0 Å². The fourth-order valence-corrected chi connectivity index (χ4v) is 0.899. The van der Waals surface area contributed by atoms with Gasteiger partial charge in [-0.1, -0.05) is 0 Å². The second-order valence-electron chi connectivity index (χ2n) is 2.46. The van der Waals surface area contributed by atoms with Crippen LogP contribution in [0.2, 0.25) is 0 Å². The summed E-state index contributed by atoms with van der Waals surface area (Å²) in [4.78, 5) is 21.8. The number of nitrogens with one attached hydrogen (secondary N) is 1. The third kappa shape index (κ3) is 1.64. The lowest BCUT2D eigenvalue weighted by Crippen LogP contribution is -2.22. The van der Waals surface area contributed by atoms with E-state index in [1.807, 2.05) is 5.32 Å². The maximum absolute atomic E-state index is 12.6. The summed E-state index contributed by atoms with van der Waals surface area (Å²) in [5.74, 6) is -0.290. The Morgan fingerprint density at radius 1 is 1.54 bits per heavy atom. The first-order valence-corrected chi connectivity index (χ1v) is 3.46. The van der Waals surface area contributed by atoms with E-state index in [-0.39, 0.29) is 11.1 Å². The third-order valence-electron chi connectivity index (χ3n) is 1.63. The van der Waals surface area contributed by atoms with Gasteiger partial charge in [0.25, 0.3) is 11.8 Å². The molecule has 2 amide bonds. The lowest BCUT2D eigenvalue weighted by atomic mass is 10.1. The van der Waals surface area contributed by atoms with Gasteiger partial charge in [0.2, 0.25) is 0 Å². The van der Waals surface area contributed by atoms with Gasteiger partial charge in [0.05, 0.1) is 5.57 Å². The summed E-state index contributed by atoms with van der Waals surface area (Å²) in [7, 11) is 0. The molecule has 0 saturated carbocycles. The molecule has 1 rings (SSSR count). The van der Waals surface area contributed by atoms with E-state index in [9.17, 15) is 14.0 Å². The molecule has 1 aliphatic rings. The fraction of sp³-hybridized carbons (Fsp3) is 0.111. The zero-order valence-electron chi connectivity index (χ0n) is 6.85. The van der Waals surface area contributed by atoms with Gasteiger partial charge in [0, 0.05) is 5.57 Å². The van der Waals surface area contributed by atoms with Crippen LogP contribution in [0, 0.1) is 12.3 Å². The van der Waals surface area contributed by atoms with Crippen LogP contribution in [0.25, 0.3) is 0 Å². The molecule has 0 radical (unpaired) electrons. The Kier molecular flexibility index (Phi) is 2.29. The molecular formula is C9H6FNO2. The first-order valence-electron chi connectivity index (χ1n) is 3.46. The molecule has 0 saturated heterocycles. The van der Waals surface area contributed by atoms with Crippen molar-refractivity contribution in [2.75, 3.05) is 0 Å². The molecule has 0 fully saturated rings. The molecule has 1 heterocycles. The summed E-state index contributed by atoms with van der Waals surface area (Å²) in [5, 5.41) is 2.01. The number of carbonyl (C=O) groups excluding carboxylic acids is 2. The summed E-state index contributed by atoms with van der Waals surface area (Å²) in [6, 6.07) is 0. The molecule has 0 spiro atoms. The highest BCUT2D eigenvalue weighted by atomic mass is 19.1. The molecule has 3 nitrogen and oxygen atoms in total. The topological polar surface area (TPSA) is 46.2 Å². The Morgan fingerprint density at radius 2 is 2.15 bits per heavy atom. The molecule has 0 aliphatic carbocycles. The van der Waals surface area contributed by atoms with Crippen molar-refractivity contribution in [1.29, 1.82) is 0 Å². The number of terminal acetylenes is 1. The second kappa shape index (κ2) is 3.23. The smallest absolute Gasteiger partial charge is 0.258 e. The van der Waals surface area contributed by atoms with Crippen LogP contribution in [-0.2, 0) is 9.59 Å². The lowest BCUT2D eigenvalue weighted by Gasteiger charge is -1.89. The Hall–Kier alpha value is -1.89. The van der Waals surface area contributed by atoms with Gasteiger partial charge in [-0.25, -0.2) is 0 Å². The predicted molar refractivity (Wildman–Crippen MR) is 43.9 cm³/mol. The number of hydrogen-bond donors (Lipinski definition) is 1. The van der Waals surface area contributed by atoms with Gasteiger partial charge < -0.3 is 0 Å². The summed E-state index contributed by atoms with van der Waals surface area (Å²) in [6.07, 6.45) is 5.61. The molecule has 0 unspecified atom stereocenters. The zero-order valence-corrected chi connectivity index (χ0v) is 6.85. The minimum Gasteiger partial charge on any atom is -0.288 e. The molecule has 13 heavy (non-hydrogen) atoms. The summed E-state index contributed by atoms with van der Waals surface area (Å²) < 4.78 is 12.6. The minimum atomic E-state index is -0.876. The lowest BCUT2D eigenvalue weighted by molar-refractivity contribution is -0.124. The number of amides is 2. The summed E-state index contributed by atoms with van der Waals surface area (Å²) in [5.41, 5.74) is 0.163. The van der Waals surface area contributed by atoms with Crippen molar-refractivity contribution in [3.8, 4) is 12.3 Å². The predicted octanol–water partition coefficient (Wildman–Crippen LogP) is 0.446. The first-order chi connectivity index (χ1) is 6.06. The van der Waals surface area contributed by atoms with Crippen molar-refractivity contribution in [2.45, 2.75) is 6.92 Å². The van der Waals surface area contributed by atoms with Crippen molar-refractivity contribution in [3.05, 3.63) is 23.0 Å². The highest BCUT2D eigenvalue weighted by molar-refractivity contribution is 6.20. The van der Waals surface area contributed by atoms with Crippen LogP contribution in [-0.4, -0.2) is 11.8 Å². The second-order valence-corrected chi connectivity index (χ2v) is 2.46. The van der Waals surface area contributed by atoms with Gasteiger partial charge in [0.1, 0.15) is 0 Å². The molecule has 1 aliphatic heterocycles. The van der Waals surface area contributed by atoms with E-state index >= 15 is 0 Å². The molecule has 66 valence electrons. The Labute approximate surface area is 74.3 Å². The quantitative estimate of drug-likeness (QED) is 0.469. The number of hydrogen-bond acceptors (Lipinski definition) is 2. The van der Waals surface area contributed by atoms with Crippen molar-refractivity contribution in [3.63, 3.8) is 0 Å². The standard InChI is InChI=1S/C9H6FNO2/c1-3-6(10)4-7-5(2)8(12)11-9(7)13/h1,4H,2H3,(H,11,12,13)/b6-4+. The average Bonchev–Trinajstić information content (AvgIpc) is 2.32. The summed E-state index contributed by atoms with van der Waals surface area (Å²) in [6.45, 7) is 1.43. The number of imide groups is 1. The van der Waals surface area contributed by atoms with Crippen LogP contribution in [0.4, 0.5) is 4.39 Å². The largest absolute Gasteiger partial charge is 0.288 e. The molecule has 0 aromatic heterocycles. The van der Waals surface area contributed by atoms with Crippen LogP contribution in [0.5, 0.6) is 0 Å². The van der Waals surface area contributed by atoms with E-state index in [4.69, 9.17) is 6.42 Å². The Balaban J connectivity index is 3.12. The van der Waals surface area contributed by atoms with Gasteiger partial charge in [-0.05, 0) is 18.9 Å². The van der Waals surface area contributed by atoms with Crippen molar-refractivity contribution in [2.24, 2.45) is 0 Å². The molecule has 0 bridgehead atoms. The van der Waals surface area contributed by atoms with Crippen molar-refractivity contribution in [1.82, 2.24) is 5.32 Å². The number of halogens is 1. The fourth-order valence-electron chi connectivity index (χ4n) is 0.899. The normalized spacial score (nSPS) is 17.5. The number of rotatable bonds is 1. The van der Waals surface area contributed by atoms with Crippen molar-refractivity contribution < 1.29 is 14.0 Å². The SMILES string of the molecule is C#C/C(F)=C\C1=C(C)C(=O)NC1=O. The van der Waals surface area contributed by atoms with Gasteiger partial charge in [-0.2, -0.15) is 4.39 Å². The average molecular weight is 179 g/mol. The van der Waals surface area contributed by atoms with E-state index in [0.29, 0.717) is 0 Å². The molecule has 0 aromatic carbocycles. The highest BCUT2D eigenvalue weighted by Crippen LogP contribution is 2.14. The van der Waals surface area contributed by atoms with Gasteiger partial charge in [-0.3, -0.25) is 14.9 Å². The van der Waals surface area contributed by atoms with Crippen LogP contribution < -0.4 is 5.32 Å². The van der Waals surface area contributed by atoms with E-state index in [0.717, 1.165) is 6.08 Å². The highest BCUT2D eigenvalue weighted by Gasteiger charge is 2.25. The first kappa shape index (κ1) is 9.20. The van der Waals surface area contributed by atoms with Crippen molar-refractivity contribution >= 4 is 11.8 Å².